The highest BCUT2D eigenvalue weighted by atomic mass is 35.5. The maximum absolute atomic E-state index is 5.89. The van der Waals surface area contributed by atoms with E-state index in [9.17, 15) is 0 Å². The van der Waals surface area contributed by atoms with Crippen molar-refractivity contribution in [2.75, 3.05) is 0 Å². The van der Waals surface area contributed by atoms with Crippen LogP contribution >= 0.6 is 11.6 Å². The van der Waals surface area contributed by atoms with Crippen LogP contribution in [-0.2, 0) is 0 Å². The molecule has 5 heteroatoms. The van der Waals surface area contributed by atoms with E-state index in [1.807, 2.05) is 6.92 Å². The summed E-state index contributed by atoms with van der Waals surface area (Å²) in [5, 5.41) is 0.536. The Balaban J connectivity index is 2.75. The van der Waals surface area contributed by atoms with E-state index in [4.69, 9.17) is 17.3 Å². The van der Waals surface area contributed by atoms with Gasteiger partial charge in [-0.2, -0.15) is 0 Å². The first-order valence-electron chi connectivity index (χ1n) is 3.92. The molecule has 2 aromatic heterocycles. The fourth-order valence-electron chi connectivity index (χ4n) is 1.23. The largest absolute Gasteiger partial charge is 0.323 e. The Morgan fingerprint density at radius 3 is 3.00 bits per heavy atom. The number of nitrogens with two attached hydrogens (primary N) is 1. The average Bonchev–Trinajstić information content (AvgIpc) is 2.48. The molecule has 0 saturated carbocycles. The molecule has 1 unspecified atom stereocenters. The molecule has 0 aromatic carbocycles. The lowest BCUT2D eigenvalue weighted by molar-refractivity contribution is 0.764. The predicted molar refractivity (Wildman–Crippen MR) is 50.6 cm³/mol. The van der Waals surface area contributed by atoms with E-state index >= 15 is 0 Å². The SMILES string of the molecule is CC(N)c1cnc2c(Cl)cncn12. The van der Waals surface area contributed by atoms with Crippen molar-refractivity contribution in [1.82, 2.24) is 14.4 Å². The van der Waals surface area contributed by atoms with Crippen LogP contribution in [0.5, 0.6) is 0 Å². The van der Waals surface area contributed by atoms with Crippen LogP contribution in [0.4, 0.5) is 0 Å². The Kier molecular flexibility index (Phi) is 1.94. The summed E-state index contributed by atoms with van der Waals surface area (Å²) in [7, 11) is 0. The van der Waals surface area contributed by atoms with Crippen LogP contribution in [0.2, 0.25) is 5.02 Å². The molecule has 0 aliphatic heterocycles. The van der Waals surface area contributed by atoms with Gasteiger partial charge in [-0.3, -0.25) is 4.40 Å². The van der Waals surface area contributed by atoms with Crippen LogP contribution in [0.1, 0.15) is 18.7 Å². The monoisotopic (exact) mass is 196 g/mol. The fraction of sp³-hybridized carbons (Fsp3) is 0.250. The summed E-state index contributed by atoms with van der Waals surface area (Å²) < 4.78 is 1.80. The van der Waals surface area contributed by atoms with E-state index in [2.05, 4.69) is 9.97 Å². The standard InChI is InChI=1S/C8H9ClN4/c1-5(10)7-3-12-8-6(9)2-11-4-13(7)8/h2-5H,10H2,1H3. The first-order valence-corrected chi connectivity index (χ1v) is 4.30. The molecule has 2 aromatic rings. The van der Waals surface area contributed by atoms with E-state index in [1.54, 1.807) is 23.1 Å². The number of hydrogen-bond acceptors (Lipinski definition) is 3. The minimum absolute atomic E-state index is 0.0738. The molecule has 13 heavy (non-hydrogen) atoms. The maximum Gasteiger partial charge on any atom is 0.158 e. The van der Waals surface area contributed by atoms with Gasteiger partial charge in [0.1, 0.15) is 11.3 Å². The van der Waals surface area contributed by atoms with E-state index in [0.29, 0.717) is 10.7 Å². The third kappa shape index (κ3) is 1.28. The normalized spacial score (nSPS) is 13.5. The van der Waals surface area contributed by atoms with Crippen molar-refractivity contribution in [3.63, 3.8) is 0 Å². The first kappa shape index (κ1) is 8.47. The van der Waals surface area contributed by atoms with Crippen LogP contribution in [0, 0.1) is 0 Å². The molecule has 1 atom stereocenters. The van der Waals surface area contributed by atoms with Gasteiger partial charge in [0.25, 0.3) is 0 Å². The molecule has 68 valence electrons. The molecular formula is C8H9ClN4. The molecule has 0 radical (unpaired) electrons. The zero-order valence-electron chi connectivity index (χ0n) is 7.11. The van der Waals surface area contributed by atoms with Gasteiger partial charge in [-0.15, -0.1) is 0 Å². The van der Waals surface area contributed by atoms with Crippen molar-refractivity contribution in [2.24, 2.45) is 5.73 Å². The van der Waals surface area contributed by atoms with Crippen molar-refractivity contribution in [2.45, 2.75) is 13.0 Å². The topological polar surface area (TPSA) is 56.2 Å². The molecule has 0 fully saturated rings. The molecule has 0 amide bonds. The van der Waals surface area contributed by atoms with Gasteiger partial charge < -0.3 is 5.73 Å². The Bertz CT molecular complexity index is 435. The van der Waals surface area contributed by atoms with Gasteiger partial charge in [-0.05, 0) is 6.92 Å². The summed E-state index contributed by atoms with van der Waals surface area (Å²) in [5.74, 6) is 0. The highest BCUT2D eigenvalue weighted by Gasteiger charge is 2.08. The maximum atomic E-state index is 5.89. The molecule has 0 bridgehead atoms. The van der Waals surface area contributed by atoms with Gasteiger partial charge in [0.15, 0.2) is 5.65 Å². The lowest BCUT2D eigenvalue weighted by atomic mass is 10.3. The second kappa shape index (κ2) is 2.97. The summed E-state index contributed by atoms with van der Waals surface area (Å²) in [6, 6.07) is -0.0738. The molecule has 0 aliphatic carbocycles. The van der Waals surface area contributed by atoms with Crippen LogP contribution in [-0.4, -0.2) is 14.4 Å². The zero-order chi connectivity index (χ0) is 9.42. The van der Waals surface area contributed by atoms with Crippen LogP contribution in [0.25, 0.3) is 5.65 Å². The summed E-state index contributed by atoms with van der Waals surface area (Å²) in [6.45, 7) is 1.89. The van der Waals surface area contributed by atoms with Crippen molar-refractivity contribution in [3.8, 4) is 0 Å². The van der Waals surface area contributed by atoms with Gasteiger partial charge in [0, 0.05) is 6.04 Å². The summed E-state index contributed by atoms with van der Waals surface area (Å²) in [6.07, 6.45) is 4.94. The molecule has 0 aliphatic rings. The fourth-order valence-corrected chi connectivity index (χ4v) is 1.43. The van der Waals surface area contributed by atoms with Crippen molar-refractivity contribution in [1.29, 1.82) is 0 Å². The minimum Gasteiger partial charge on any atom is -0.323 e. The lowest BCUT2D eigenvalue weighted by Crippen LogP contribution is -2.08. The van der Waals surface area contributed by atoms with Crippen LogP contribution < -0.4 is 5.73 Å². The quantitative estimate of drug-likeness (QED) is 0.750. The second-order valence-electron chi connectivity index (χ2n) is 2.91. The molecule has 2 heterocycles. The Hall–Kier alpha value is -1.13. The van der Waals surface area contributed by atoms with Gasteiger partial charge in [-0.25, -0.2) is 9.97 Å². The summed E-state index contributed by atoms with van der Waals surface area (Å²) in [4.78, 5) is 8.11. The summed E-state index contributed by atoms with van der Waals surface area (Å²) >= 11 is 5.89. The Morgan fingerprint density at radius 2 is 2.31 bits per heavy atom. The van der Waals surface area contributed by atoms with Gasteiger partial charge >= 0.3 is 0 Å². The van der Waals surface area contributed by atoms with Crippen LogP contribution in [0.3, 0.4) is 0 Å². The Labute approximate surface area is 80.4 Å². The molecule has 2 rings (SSSR count). The summed E-state index contributed by atoms with van der Waals surface area (Å²) in [5.41, 5.74) is 7.35. The van der Waals surface area contributed by atoms with E-state index in [0.717, 1.165) is 5.69 Å². The smallest absolute Gasteiger partial charge is 0.158 e. The van der Waals surface area contributed by atoms with Crippen molar-refractivity contribution < 1.29 is 0 Å². The number of nitrogens with zero attached hydrogens (tertiary/aromatic N) is 3. The second-order valence-corrected chi connectivity index (χ2v) is 3.31. The zero-order valence-corrected chi connectivity index (χ0v) is 7.86. The van der Waals surface area contributed by atoms with Crippen molar-refractivity contribution in [3.05, 3.63) is 29.4 Å². The van der Waals surface area contributed by atoms with E-state index in [-0.39, 0.29) is 6.04 Å². The van der Waals surface area contributed by atoms with Gasteiger partial charge in [0.2, 0.25) is 0 Å². The molecule has 2 N–H and O–H groups in total. The Morgan fingerprint density at radius 1 is 1.54 bits per heavy atom. The third-order valence-electron chi connectivity index (χ3n) is 1.88. The predicted octanol–water partition coefficient (Wildman–Crippen LogP) is 1.40. The third-order valence-corrected chi connectivity index (χ3v) is 2.14. The van der Waals surface area contributed by atoms with E-state index < -0.39 is 0 Å². The number of hydrogen-bond donors (Lipinski definition) is 1. The highest BCUT2D eigenvalue weighted by Crippen LogP contribution is 2.17. The molecule has 0 saturated heterocycles. The number of imidazole rings is 1. The number of fused-ring (bicyclic) bond motifs is 1. The molecule has 0 spiro atoms. The van der Waals surface area contributed by atoms with E-state index in [1.165, 1.54) is 0 Å². The van der Waals surface area contributed by atoms with Gasteiger partial charge in [0.05, 0.1) is 18.1 Å². The van der Waals surface area contributed by atoms with Crippen molar-refractivity contribution >= 4 is 17.2 Å². The lowest BCUT2D eigenvalue weighted by Gasteiger charge is -2.03. The minimum atomic E-state index is -0.0738. The molecular weight excluding hydrogens is 188 g/mol. The number of rotatable bonds is 1. The average molecular weight is 197 g/mol. The number of halogens is 1. The highest BCUT2D eigenvalue weighted by molar-refractivity contribution is 6.33. The molecule has 4 nitrogen and oxygen atoms in total. The van der Waals surface area contributed by atoms with Crippen LogP contribution in [0.15, 0.2) is 18.7 Å². The first-order chi connectivity index (χ1) is 6.20. The number of aromatic nitrogens is 3. The van der Waals surface area contributed by atoms with Gasteiger partial charge in [-0.1, -0.05) is 11.6 Å².